The maximum Gasteiger partial charge on any atom is 0.324 e. The highest BCUT2D eigenvalue weighted by Crippen LogP contribution is 2.37. The Morgan fingerprint density at radius 1 is 1.15 bits per heavy atom. The van der Waals surface area contributed by atoms with Crippen molar-refractivity contribution in [3.63, 3.8) is 0 Å². The molecule has 2 atom stereocenters. The summed E-state index contributed by atoms with van der Waals surface area (Å²) in [6.45, 7) is 1.80. The first-order valence-corrected chi connectivity index (χ1v) is 13.3. The largest absolute Gasteiger partial charge is 0.480 e. The number of nitrogens with one attached hydrogen (secondary N) is 4. The van der Waals surface area contributed by atoms with E-state index in [4.69, 9.17) is 11.6 Å². The molecule has 0 amide bonds. The maximum atomic E-state index is 13.8. The summed E-state index contributed by atoms with van der Waals surface area (Å²) >= 11 is 6.73. The van der Waals surface area contributed by atoms with Gasteiger partial charge in [-0.15, -0.1) is 5.53 Å². The van der Waals surface area contributed by atoms with E-state index in [0.717, 1.165) is 17.5 Å². The Morgan fingerprint density at radius 2 is 1.90 bits per heavy atom. The van der Waals surface area contributed by atoms with Crippen LogP contribution < -0.4 is 21.6 Å². The summed E-state index contributed by atoms with van der Waals surface area (Å²) in [6.07, 6.45) is 3.92. The molecule has 1 aromatic heterocycles. The summed E-state index contributed by atoms with van der Waals surface area (Å²) in [4.78, 5) is 15.7. The number of hydrogen-bond acceptors (Lipinski definition) is 8. The van der Waals surface area contributed by atoms with E-state index in [1.54, 1.807) is 24.4 Å². The Hall–Kier alpha value is -4.85. The number of anilines is 2. The smallest absolute Gasteiger partial charge is 0.324 e. The van der Waals surface area contributed by atoms with E-state index in [0.29, 0.717) is 38.6 Å². The van der Waals surface area contributed by atoms with Crippen LogP contribution in [0.1, 0.15) is 42.1 Å². The molecule has 3 aromatic carbocycles. The molecule has 0 spiro atoms. The zero-order valence-electron chi connectivity index (χ0n) is 22.0. The molecule has 11 heteroatoms. The molecule has 0 aliphatic carbocycles. The molecule has 0 unspecified atom stereocenters. The second-order valence-electron chi connectivity index (χ2n) is 9.50. The molecule has 1 aliphatic rings. The first kappa shape index (κ1) is 27.7. The van der Waals surface area contributed by atoms with Crippen molar-refractivity contribution in [2.24, 2.45) is 0 Å². The van der Waals surface area contributed by atoms with Gasteiger partial charge in [0.05, 0.1) is 39.6 Å². The number of carbonyl (C=O) groups is 1. The molecule has 0 saturated carbocycles. The monoisotopic (exact) mass is 571 g/mol. The van der Waals surface area contributed by atoms with Gasteiger partial charge in [0.1, 0.15) is 18.4 Å². The van der Waals surface area contributed by atoms with Gasteiger partial charge in [-0.25, -0.2) is 4.39 Å². The second-order valence-corrected chi connectivity index (χ2v) is 9.91. The molecule has 5 N–H and O–H groups in total. The topological polar surface area (TPSA) is 125 Å². The lowest BCUT2D eigenvalue weighted by Gasteiger charge is -2.23. The van der Waals surface area contributed by atoms with E-state index in [1.807, 2.05) is 36.4 Å². The van der Waals surface area contributed by atoms with Crippen molar-refractivity contribution >= 4 is 39.8 Å². The van der Waals surface area contributed by atoms with Crippen LogP contribution in [-0.2, 0) is 4.79 Å². The summed E-state index contributed by atoms with van der Waals surface area (Å²) in [6, 6.07) is 21.2. The average molecular weight is 572 g/mol. The van der Waals surface area contributed by atoms with Gasteiger partial charge in [-0.05, 0) is 41.8 Å². The molecule has 0 bridgehead atoms. The van der Waals surface area contributed by atoms with Crippen molar-refractivity contribution in [3.05, 3.63) is 112 Å². The van der Waals surface area contributed by atoms with Crippen molar-refractivity contribution in [3.8, 4) is 6.07 Å². The minimum atomic E-state index is -1.01. The SMILES string of the molecule is CC[C@@H](Nc1c(C#N)cnc2c(Cl)cc(N[C@H](C3=CN(CC(=O)O)NN3)c3ccc(F)cc3)cc12)c1ccccc1. The van der Waals surface area contributed by atoms with E-state index in [9.17, 15) is 19.6 Å². The molecule has 4 aromatic rings. The molecule has 0 saturated heterocycles. The number of benzene rings is 3. The molecule has 41 heavy (non-hydrogen) atoms. The number of hydrogen-bond donors (Lipinski definition) is 5. The molecule has 5 rings (SSSR count). The number of fused-ring (bicyclic) bond motifs is 1. The first-order valence-electron chi connectivity index (χ1n) is 12.9. The van der Waals surface area contributed by atoms with E-state index < -0.39 is 12.0 Å². The third-order valence-corrected chi connectivity index (χ3v) is 7.03. The van der Waals surface area contributed by atoms with Gasteiger partial charge in [0.2, 0.25) is 0 Å². The van der Waals surface area contributed by atoms with Gasteiger partial charge < -0.3 is 21.2 Å². The Bertz CT molecular complexity index is 1640. The summed E-state index contributed by atoms with van der Waals surface area (Å²) in [5, 5.41) is 28.5. The van der Waals surface area contributed by atoms with Gasteiger partial charge in [0.25, 0.3) is 0 Å². The minimum Gasteiger partial charge on any atom is -0.480 e. The van der Waals surface area contributed by atoms with Crippen LogP contribution in [-0.4, -0.2) is 27.6 Å². The number of hydrazine groups is 2. The van der Waals surface area contributed by atoms with Gasteiger partial charge >= 0.3 is 5.97 Å². The van der Waals surface area contributed by atoms with Crippen molar-refractivity contribution in [1.29, 1.82) is 5.26 Å². The first-order chi connectivity index (χ1) is 19.9. The van der Waals surface area contributed by atoms with Crippen LogP contribution in [0.2, 0.25) is 5.02 Å². The highest BCUT2D eigenvalue weighted by atomic mass is 35.5. The zero-order valence-corrected chi connectivity index (χ0v) is 22.8. The van der Waals surface area contributed by atoms with E-state index >= 15 is 0 Å². The summed E-state index contributed by atoms with van der Waals surface area (Å²) in [5.41, 5.74) is 10.4. The van der Waals surface area contributed by atoms with Gasteiger partial charge in [-0.2, -0.15) is 5.26 Å². The normalized spacial score (nSPS) is 14.1. The maximum absolute atomic E-state index is 13.8. The van der Waals surface area contributed by atoms with Crippen LogP contribution >= 0.6 is 11.6 Å². The van der Waals surface area contributed by atoms with E-state index in [2.05, 4.69) is 39.6 Å². The van der Waals surface area contributed by atoms with Crippen molar-refractivity contribution < 1.29 is 14.3 Å². The van der Waals surface area contributed by atoms with Crippen LogP contribution in [0.4, 0.5) is 15.8 Å². The third-order valence-electron chi connectivity index (χ3n) is 6.74. The van der Waals surface area contributed by atoms with Crippen LogP contribution in [0.25, 0.3) is 10.9 Å². The molecule has 2 heterocycles. The molecule has 0 fully saturated rings. The standard InChI is InChI=1S/C30H27ClFN7O2/c1-2-25(18-6-4-3-5-7-18)36-28-20(14-33)15-34-30-23(28)12-22(13-24(30)31)35-29(19-8-10-21(32)11-9-19)26-16-39(38-37-26)17-27(40)41/h3-13,15-16,25,29,35,37-38H,2,17H2,1H3,(H,34,36)(H,40,41)/t25-,29+/m1/s1. The van der Waals surface area contributed by atoms with Crippen LogP contribution in [0.15, 0.2) is 84.8 Å². The van der Waals surface area contributed by atoms with E-state index in [-0.39, 0.29) is 18.4 Å². The average Bonchev–Trinajstić information content (AvgIpc) is 3.43. The lowest BCUT2D eigenvalue weighted by Crippen LogP contribution is -2.40. The minimum absolute atomic E-state index is 0.0598. The molecular formula is C30H27ClFN7O2. The number of nitriles is 1. The second kappa shape index (κ2) is 12.1. The third kappa shape index (κ3) is 6.17. The van der Waals surface area contributed by atoms with Gasteiger partial charge in [0.15, 0.2) is 0 Å². The molecular weight excluding hydrogens is 545 g/mol. The Balaban J connectivity index is 1.57. The van der Waals surface area contributed by atoms with Crippen LogP contribution in [0.3, 0.4) is 0 Å². The predicted molar refractivity (Wildman–Crippen MR) is 156 cm³/mol. The number of carboxylic acids is 1. The van der Waals surface area contributed by atoms with Gasteiger partial charge in [0, 0.05) is 23.5 Å². The Labute approximate surface area is 241 Å². The number of nitrogens with zero attached hydrogens (tertiary/aromatic N) is 3. The highest BCUT2D eigenvalue weighted by molar-refractivity contribution is 6.35. The summed E-state index contributed by atoms with van der Waals surface area (Å²) in [7, 11) is 0. The molecule has 1 aliphatic heterocycles. The van der Waals surface area contributed by atoms with Crippen molar-refractivity contribution in [2.45, 2.75) is 25.4 Å². The molecule has 208 valence electrons. The van der Waals surface area contributed by atoms with Crippen LogP contribution in [0, 0.1) is 17.1 Å². The summed E-state index contributed by atoms with van der Waals surface area (Å²) in [5.74, 6) is -1.39. The number of halogens is 2. The number of aliphatic carboxylic acids is 1. The number of rotatable bonds is 10. The fraction of sp³-hybridized carbons (Fsp3) is 0.167. The fourth-order valence-corrected chi connectivity index (χ4v) is 5.04. The molecule has 9 nitrogen and oxygen atoms in total. The Kier molecular flexibility index (Phi) is 8.19. The number of aromatic nitrogens is 1. The van der Waals surface area contributed by atoms with Gasteiger partial charge in [-0.3, -0.25) is 14.8 Å². The van der Waals surface area contributed by atoms with E-state index in [1.165, 1.54) is 23.3 Å². The lowest BCUT2D eigenvalue weighted by molar-refractivity contribution is -0.138. The predicted octanol–water partition coefficient (Wildman–Crippen LogP) is 5.87. The number of carboxylic acid groups (broad SMARTS) is 1. The van der Waals surface area contributed by atoms with Gasteiger partial charge in [-0.1, -0.05) is 61.0 Å². The highest BCUT2D eigenvalue weighted by Gasteiger charge is 2.24. The van der Waals surface area contributed by atoms with Crippen molar-refractivity contribution in [1.82, 2.24) is 21.0 Å². The number of pyridine rings is 1. The van der Waals surface area contributed by atoms with Crippen molar-refractivity contribution in [2.75, 3.05) is 17.2 Å². The Morgan fingerprint density at radius 3 is 2.59 bits per heavy atom. The fourth-order valence-electron chi connectivity index (χ4n) is 4.77. The zero-order chi connectivity index (χ0) is 28.9. The lowest BCUT2D eigenvalue weighted by atomic mass is 10.0. The molecule has 0 radical (unpaired) electrons. The van der Waals surface area contributed by atoms with Crippen LogP contribution in [0.5, 0.6) is 0 Å². The summed E-state index contributed by atoms with van der Waals surface area (Å²) < 4.78 is 13.8. The quantitative estimate of drug-likeness (QED) is 0.159.